The molecule has 4 nitrogen and oxygen atoms in total. The summed E-state index contributed by atoms with van der Waals surface area (Å²) in [5.41, 5.74) is 0.134. The molecule has 0 aromatic carbocycles. The number of hydrogen-bond donors (Lipinski definition) is 0. The van der Waals surface area contributed by atoms with Crippen LogP contribution in [0.5, 0.6) is 5.75 Å². The second kappa shape index (κ2) is 4.17. The maximum atomic E-state index is 8.69. The van der Waals surface area contributed by atoms with Gasteiger partial charge in [0.2, 0.25) is 0 Å². The van der Waals surface area contributed by atoms with Crippen molar-refractivity contribution in [1.82, 2.24) is 9.78 Å². The summed E-state index contributed by atoms with van der Waals surface area (Å²) in [6.45, 7) is 4.80. The van der Waals surface area contributed by atoms with E-state index in [2.05, 4.69) is 25.0 Å². The lowest BCUT2D eigenvalue weighted by Gasteiger charge is -2.11. The van der Waals surface area contributed by atoms with Crippen molar-refractivity contribution in [1.29, 1.82) is 5.26 Å². The first kappa shape index (κ1) is 11.0. The number of hydrogen-bond acceptors (Lipinski definition) is 3. The first-order valence-electron chi connectivity index (χ1n) is 5.69. The third-order valence-electron chi connectivity index (χ3n) is 3.06. The molecule has 1 aromatic rings. The van der Waals surface area contributed by atoms with Gasteiger partial charge in [-0.2, -0.15) is 10.4 Å². The Morgan fingerprint density at radius 1 is 1.62 bits per heavy atom. The second-order valence-electron chi connectivity index (χ2n) is 4.87. The molecule has 1 heterocycles. The highest BCUT2D eigenvalue weighted by Gasteiger charge is 2.43. The van der Waals surface area contributed by atoms with E-state index in [1.54, 1.807) is 6.20 Å². The van der Waals surface area contributed by atoms with Crippen molar-refractivity contribution < 1.29 is 4.74 Å². The van der Waals surface area contributed by atoms with Crippen LogP contribution in [-0.4, -0.2) is 16.4 Å². The molecular formula is C12H17N3O. The first-order valence-corrected chi connectivity index (χ1v) is 5.69. The third kappa shape index (κ3) is 2.35. The zero-order valence-electron chi connectivity index (χ0n) is 9.81. The van der Waals surface area contributed by atoms with Crippen molar-refractivity contribution in [3.05, 3.63) is 12.4 Å². The van der Waals surface area contributed by atoms with Gasteiger partial charge in [-0.05, 0) is 26.7 Å². The number of ether oxygens (including phenoxy) is 1. The highest BCUT2D eigenvalue weighted by molar-refractivity contribution is 5.13. The molecule has 86 valence electrons. The van der Waals surface area contributed by atoms with Crippen molar-refractivity contribution in [2.24, 2.45) is 5.41 Å². The van der Waals surface area contributed by atoms with Crippen LogP contribution >= 0.6 is 0 Å². The number of nitrogens with zero attached hydrogens (tertiary/aromatic N) is 3. The molecule has 1 saturated carbocycles. The van der Waals surface area contributed by atoms with Crippen LogP contribution in [0.1, 0.15) is 39.2 Å². The highest BCUT2D eigenvalue weighted by Crippen LogP contribution is 2.48. The fraction of sp³-hybridized carbons (Fsp3) is 0.667. The maximum absolute atomic E-state index is 8.69. The minimum atomic E-state index is 0.134. The van der Waals surface area contributed by atoms with Gasteiger partial charge in [0, 0.05) is 17.9 Å². The molecule has 1 aliphatic carbocycles. The monoisotopic (exact) mass is 219 g/mol. The van der Waals surface area contributed by atoms with E-state index in [-0.39, 0.29) is 5.41 Å². The van der Waals surface area contributed by atoms with Gasteiger partial charge in [0.25, 0.3) is 0 Å². The summed E-state index contributed by atoms with van der Waals surface area (Å²) in [5.74, 6) is 0.804. The Bertz CT molecular complexity index is 399. The lowest BCUT2D eigenvalue weighted by molar-refractivity contribution is 0.236. The third-order valence-corrected chi connectivity index (χ3v) is 3.06. The molecule has 0 radical (unpaired) electrons. The van der Waals surface area contributed by atoms with E-state index in [1.165, 1.54) is 0 Å². The Morgan fingerprint density at radius 2 is 2.38 bits per heavy atom. The average molecular weight is 219 g/mol. The minimum absolute atomic E-state index is 0.134. The van der Waals surface area contributed by atoms with Crippen LogP contribution in [-0.2, 0) is 0 Å². The Labute approximate surface area is 95.8 Å². The molecule has 0 bridgehead atoms. The van der Waals surface area contributed by atoms with E-state index in [0.29, 0.717) is 19.1 Å². The molecular weight excluding hydrogens is 202 g/mol. The van der Waals surface area contributed by atoms with Crippen LogP contribution in [0, 0.1) is 16.7 Å². The van der Waals surface area contributed by atoms with Crippen molar-refractivity contribution in [3.63, 3.8) is 0 Å². The molecule has 2 rings (SSSR count). The van der Waals surface area contributed by atoms with Gasteiger partial charge in [-0.25, -0.2) is 0 Å². The van der Waals surface area contributed by atoms with Gasteiger partial charge in [-0.1, -0.05) is 0 Å². The first-order chi connectivity index (χ1) is 7.65. The molecule has 0 aliphatic heterocycles. The average Bonchev–Trinajstić information content (AvgIpc) is 2.84. The van der Waals surface area contributed by atoms with Gasteiger partial charge in [0.1, 0.15) is 0 Å². The van der Waals surface area contributed by atoms with Gasteiger partial charge in [-0.3, -0.25) is 4.68 Å². The summed E-state index contributed by atoms with van der Waals surface area (Å²) in [5, 5.41) is 12.9. The summed E-state index contributed by atoms with van der Waals surface area (Å²) < 4.78 is 7.56. The summed E-state index contributed by atoms with van der Waals surface area (Å²) >= 11 is 0. The van der Waals surface area contributed by atoms with Crippen LogP contribution in [0.25, 0.3) is 0 Å². The number of aromatic nitrogens is 2. The smallest absolute Gasteiger partial charge is 0.157 e. The van der Waals surface area contributed by atoms with E-state index in [4.69, 9.17) is 10.00 Å². The van der Waals surface area contributed by atoms with Gasteiger partial charge in [-0.15, -0.1) is 0 Å². The van der Waals surface area contributed by atoms with Crippen molar-refractivity contribution in [2.45, 2.75) is 39.2 Å². The Morgan fingerprint density at radius 3 is 2.88 bits per heavy atom. The summed E-state index contributed by atoms with van der Waals surface area (Å²) in [4.78, 5) is 0. The number of rotatable bonds is 5. The largest absolute Gasteiger partial charge is 0.490 e. The molecule has 0 atom stereocenters. The Kier molecular flexibility index (Phi) is 2.86. The predicted molar refractivity (Wildman–Crippen MR) is 60.0 cm³/mol. The maximum Gasteiger partial charge on any atom is 0.157 e. The van der Waals surface area contributed by atoms with E-state index < -0.39 is 0 Å². The lowest BCUT2D eigenvalue weighted by Crippen LogP contribution is -2.12. The molecule has 0 amide bonds. The van der Waals surface area contributed by atoms with Gasteiger partial charge in [0.15, 0.2) is 5.75 Å². The fourth-order valence-corrected chi connectivity index (χ4v) is 1.63. The normalized spacial score (nSPS) is 17.1. The molecule has 0 spiro atoms. The fourth-order valence-electron chi connectivity index (χ4n) is 1.63. The molecule has 0 saturated heterocycles. The van der Waals surface area contributed by atoms with Crippen LogP contribution in [0.15, 0.2) is 12.4 Å². The van der Waals surface area contributed by atoms with Crippen LogP contribution < -0.4 is 4.74 Å². The Balaban J connectivity index is 1.88. The van der Waals surface area contributed by atoms with Crippen LogP contribution in [0.2, 0.25) is 0 Å². The van der Waals surface area contributed by atoms with Gasteiger partial charge >= 0.3 is 0 Å². The van der Waals surface area contributed by atoms with Gasteiger partial charge < -0.3 is 4.74 Å². The molecule has 16 heavy (non-hydrogen) atoms. The zero-order chi connectivity index (χ0) is 11.6. The van der Waals surface area contributed by atoms with Gasteiger partial charge in [0.05, 0.1) is 25.1 Å². The van der Waals surface area contributed by atoms with E-state index in [1.807, 2.05) is 10.9 Å². The van der Waals surface area contributed by atoms with E-state index in [9.17, 15) is 0 Å². The Hall–Kier alpha value is -1.50. The molecule has 0 N–H and O–H groups in total. The highest BCUT2D eigenvalue weighted by atomic mass is 16.5. The lowest BCUT2D eigenvalue weighted by atomic mass is 10.1. The van der Waals surface area contributed by atoms with Crippen molar-refractivity contribution >= 4 is 0 Å². The molecule has 1 aliphatic rings. The topological polar surface area (TPSA) is 50.8 Å². The molecule has 0 unspecified atom stereocenters. The minimum Gasteiger partial charge on any atom is -0.490 e. The second-order valence-corrected chi connectivity index (χ2v) is 4.87. The van der Waals surface area contributed by atoms with Crippen LogP contribution in [0.3, 0.4) is 0 Å². The van der Waals surface area contributed by atoms with E-state index in [0.717, 1.165) is 18.6 Å². The molecule has 1 aromatic heterocycles. The zero-order valence-corrected chi connectivity index (χ0v) is 9.81. The summed E-state index contributed by atoms with van der Waals surface area (Å²) in [6.07, 6.45) is 6.47. The molecule has 4 heteroatoms. The summed E-state index contributed by atoms with van der Waals surface area (Å²) in [6, 6.07) is 2.58. The van der Waals surface area contributed by atoms with Crippen molar-refractivity contribution in [3.8, 4) is 11.8 Å². The number of nitriles is 1. The standard InChI is InChI=1S/C12H17N3O/c1-10(2)15-8-11(7-14-15)16-9-12(3-4-12)5-6-13/h7-8,10H,3-5,9H2,1-2H3. The predicted octanol–water partition coefficient (Wildman–Crippen LogP) is 2.54. The van der Waals surface area contributed by atoms with Crippen LogP contribution in [0.4, 0.5) is 0 Å². The van der Waals surface area contributed by atoms with Crippen molar-refractivity contribution in [2.75, 3.05) is 6.61 Å². The van der Waals surface area contributed by atoms with E-state index >= 15 is 0 Å². The summed E-state index contributed by atoms with van der Waals surface area (Å²) in [7, 11) is 0. The SMILES string of the molecule is CC(C)n1cc(OCC2(CC#N)CC2)cn1. The molecule has 1 fully saturated rings. The quantitative estimate of drug-likeness (QED) is 0.764.